The van der Waals surface area contributed by atoms with Gasteiger partial charge < -0.3 is 20.4 Å². The van der Waals surface area contributed by atoms with E-state index in [9.17, 15) is 9.59 Å². The largest absolute Gasteiger partial charge is 0.351 e. The number of carbonyl (C=O) groups excluding carboxylic acids is 2. The molecule has 2 atom stereocenters. The Morgan fingerprint density at radius 1 is 1.15 bits per heavy atom. The van der Waals surface area contributed by atoms with Crippen LogP contribution < -0.4 is 10.6 Å². The molecule has 7 heteroatoms. The maximum atomic E-state index is 13.5. The van der Waals surface area contributed by atoms with E-state index in [2.05, 4.69) is 34.3 Å². The molecule has 2 N–H and O–H groups in total. The molecule has 2 fully saturated rings. The topological polar surface area (TPSA) is 64.7 Å². The lowest BCUT2D eigenvalue weighted by Gasteiger charge is -2.33. The fourth-order valence-electron chi connectivity index (χ4n) is 4.84. The summed E-state index contributed by atoms with van der Waals surface area (Å²) in [6.07, 6.45) is 10.0. The zero-order valence-corrected chi connectivity index (χ0v) is 21.5. The van der Waals surface area contributed by atoms with E-state index in [0.29, 0.717) is 17.5 Å². The van der Waals surface area contributed by atoms with Crippen LogP contribution in [0.25, 0.3) is 6.08 Å². The fourth-order valence-corrected chi connectivity index (χ4v) is 4.97. The molecule has 0 spiro atoms. The van der Waals surface area contributed by atoms with Gasteiger partial charge in [-0.1, -0.05) is 56.8 Å². The summed E-state index contributed by atoms with van der Waals surface area (Å²) < 4.78 is 0. The Labute approximate surface area is 210 Å². The number of amides is 2. The molecule has 2 unspecified atom stereocenters. The number of halogens is 1. The lowest BCUT2D eigenvalue weighted by atomic mass is 10.0. The van der Waals surface area contributed by atoms with Crippen molar-refractivity contribution in [3.8, 4) is 0 Å². The van der Waals surface area contributed by atoms with Crippen LogP contribution in [0.4, 0.5) is 0 Å². The monoisotopic (exact) mass is 488 g/mol. The summed E-state index contributed by atoms with van der Waals surface area (Å²) in [7, 11) is 0. The van der Waals surface area contributed by atoms with Gasteiger partial charge in [0, 0.05) is 43.3 Å². The third-order valence-electron chi connectivity index (χ3n) is 7.14. The molecular weight excluding hydrogens is 448 g/mol. The van der Waals surface area contributed by atoms with E-state index in [-0.39, 0.29) is 23.9 Å². The second kappa shape index (κ2) is 13.9. The Morgan fingerprint density at radius 3 is 2.53 bits per heavy atom. The normalized spacial score (nSPS) is 22.4. The molecule has 2 saturated heterocycles. The average molecular weight is 489 g/mol. The van der Waals surface area contributed by atoms with Crippen molar-refractivity contribution in [3.63, 3.8) is 0 Å². The van der Waals surface area contributed by atoms with Crippen molar-refractivity contribution in [3.05, 3.63) is 40.9 Å². The number of benzene rings is 1. The van der Waals surface area contributed by atoms with E-state index < -0.39 is 0 Å². The molecule has 2 aliphatic rings. The molecular formula is C27H41ClN4O2. The summed E-state index contributed by atoms with van der Waals surface area (Å²) in [5.74, 6) is 0.622. The predicted octanol–water partition coefficient (Wildman–Crippen LogP) is 3.95. The van der Waals surface area contributed by atoms with E-state index in [4.69, 9.17) is 11.6 Å². The lowest BCUT2D eigenvalue weighted by molar-refractivity contribution is -0.134. The zero-order valence-electron chi connectivity index (χ0n) is 20.8. The molecule has 188 valence electrons. The molecule has 1 aromatic carbocycles. The standard InChI is InChI=1S/C27H41ClN4O2/c1-3-21(4-2)19-32-17-14-24(30-25(27(32)34)20-31-15-6-5-7-16-31)18-29-26(33)13-10-22-8-11-23(28)12-9-22/h8-13,21,24-25,30H,3-7,14-20H2,1-2H3,(H,29,33). The molecule has 0 aromatic heterocycles. The first-order valence-electron chi connectivity index (χ1n) is 13.0. The zero-order chi connectivity index (χ0) is 24.3. The predicted molar refractivity (Wildman–Crippen MR) is 140 cm³/mol. The van der Waals surface area contributed by atoms with Crippen molar-refractivity contribution in [1.82, 2.24) is 20.4 Å². The number of rotatable bonds is 10. The van der Waals surface area contributed by atoms with E-state index in [1.807, 2.05) is 24.3 Å². The highest BCUT2D eigenvalue weighted by molar-refractivity contribution is 6.30. The van der Waals surface area contributed by atoms with Crippen LogP contribution in [0, 0.1) is 5.92 Å². The molecule has 6 nitrogen and oxygen atoms in total. The van der Waals surface area contributed by atoms with Crippen LogP contribution in [-0.4, -0.2) is 73.0 Å². The number of nitrogens with zero attached hydrogens (tertiary/aromatic N) is 2. The van der Waals surface area contributed by atoms with Crippen molar-refractivity contribution in [2.24, 2.45) is 5.92 Å². The van der Waals surface area contributed by atoms with Crippen LogP contribution in [0.1, 0.15) is 57.9 Å². The van der Waals surface area contributed by atoms with Crippen LogP contribution in [-0.2, 0) is 9.59 Å². The van der Waals surface area contributed by atoms with Gasteiger partial charge in [0.05, 0.1) is 6.04 Å². The van der Waals surface area contributed by atoms with Gasteiger partial charge in [0.1, 0.15) is 0 Å². The van der Waals surface area contributed by atoms with Crippen LogP contribution in [0.5, 0.6) is 0 Å². The van der Waals surface area contributed by atoms with E-state index in [1.54, 1.807) is 12.2 Å². The Hall–Kier alpha value is -1.89. The number of carbonyl (C=O) groups is 2. The molecule has 2 amide bonds. The summed E-state index contributed by atoms with van der Waals surface area (Å²) in [6.45, 7) is 9.36. The first-order valence-corrected chi connectivity index (χ1v) is 13.3. The van der Waals surface area contributed by atoms with Gasteiger partial charge in [-0.15, -0.1) is 0 Å². The molecule has 0 saturated carbocycles. The Bertz CT molecular complexity index is 803. The molecule has 34 heavy (non-hydrogen) atoms. The van der Waals surface area contributed by atoms with Gasteiger partial charge in [-0.05, 0) is 62.0 Å². The van der Waals surface area contributed by atoms with Crippen molar-refractivity contribution in [2.45, 2.75) is 64.5 Å². The lowest BCUT2D eigenvalue weighted by Crippen LogP contribution is -2.54. The summed E-state index contributed by atoms with van der Waals surface area (Å²) in [5.41, 5.74) is 0.927. The summed E-state index contributed by atoms with van der Waals surface area (Å²) in [5, 5.41) is 7.30. The van der Waals surface area contributed by atoms with Gasteiger partial charge in [0.25, 0.3) is 0 Å². The van der Waals surface area contributed by atoms with Crippen LogP contribution in [0.2, 0.25) is 5.02 Å². The molecule has 1 aromatic rings. The van der Waals surface area contributed by atoms with E-state index in [0.717, 1.165) is 57.5 Å². The number of likely N-dealkylation sites (tertiary alicyclic amines) is 1. The maximum Gasteiger partial charge on any atom is 0.244 e. The minimum atomic E-state index is -0.221. The number of nitrogens with one attached hydrogen (secondary N) is 2. The summed E-state index contributed by atoms with van der Waals surface area (Å²) in [6, 6.07) is 7.22. The van der Waals surface area contributed by atoms with Crippen molar-refractivity contribution < 1.29 is 9.59 Å². The van der Waals surface area contributed by atoms with Crippen LogP contribution in [0.3, 0.4) is 0 Å². The summed E-state index contributed by atoms with van der Waals surface area (Å²) in [4.78, 5) is 30.4. The van der Waals surface area contributed by atoms with Gasteiger partial charge in [0.2, 0.25) is 11.8 Å². The number of hydrogen-bond donors (Lipinski definition) is 2. The quantitative estimate of drug-likeness (QED) is 0.489. The van der Waals surface area contributed by atoms with Crippen LogP contribution >= 0.6 is 11.6 Å². The highest BCUT2D eigenvalue weighted by Gasteiger charge is 2.33. The smallest absolute Gasteiger partial charge is 0.244 e. The fraction of sp³-hybridized carbons (Fsp3) is 0.630. The van der Waals surface area contributed by atoms with Gasteiger partial charge >= 0.3 is 0 Å². The Balaban J connectivity index is 1.60. The average Bonchev–Trinajstić information content (AvgIpc) is 3.00. The first kappa shape index (κ1) is 26.7. The Morgan fingerprint density at radius 2 is 1.85 bits per heavy atom. The number of hydrogen-bond acceptors (Lipinski definition) is 4. The molecule has 2 aliphatic heterocycles. The third kappa shape index (κ3) is 8.40. The molecule has 0 radical (unpaired) electrons. The van der Waals surface area contributed by atoms with Gasteiger partial charge in [0.15, 0.2) is 0 Å². The number of piperidine rings is 1. The third-order valence-corrected chi connectivity index (χ3v) is 7.39. The minimum Gasteiger partial charge on any atom is -0.351 e. The first-order chi connectivity index (χ1) is 16.5. The maximum absolute atomic E-state index is 13.5. The van der Waals surface area contributed by atoms with Crippen LogP contribution in [0.15, 0.2) is 30.3 Å². The molecule has 2 heterocycles. The SMILES string of the molecule is CCC(CC)CN1CCC(CNC(=O)C=Cc2ccc(Cl)cc2)NC(CN2CCCCC2)C1=O. The van der Waals surface area contributed by atoms with Crippen molar-refractivity contribution >= 4 is 29.5 Å². The minimum absolute atomic E-state index is 0.0679. The molecule has 0 aliphatic carbocycles. The van der Waals surface area contributed by atoms with E-state index in [1.165, 1.54) is 19.3 Å². The molecule has 3 rings (SSSR count). The highest BCUT2D eigenvalue weighted by atomic mass is 35.5. The van der Waals surface area contributed by atoms with E-state index >= 15 is 0 Å². The summed E-state index contributed by atoms with van der Waals surface area (Å²) >= 11 is 5.92. The van der Waals surface area contributed by atoms with Crippen molar-refractivity contribution in [2.75, 3.05) is 39.3 Å². The highest BCUT2D eigenvalue weighted by Crippen LogP contribution is 2.17. The second-order valence-corrected chi connectivity index (χ2v) is 10.1. The van der Waals surface area contributed by atoms with Gasteiger partial charge in [-0.3, -0.25) is 9.59 Å². The van der Waals surface area contributed by atoms with Gasteiger partial charge in [-0.2, -0.15) is 0 Å². The second-order valence-electron chi connectivity index (χ2n) is 9.66. The van der Waals surface area contributed by atoms with Crippen molar-refractivity contribution in [1.29, 1.82) is 0 Å². The van der Waals surface area contributed by atoms with Gasteiger partial charge in [-0.25, -0.2) is 0 Å². The Kier molecular flexibility index (Phi) is 10.9. The molecule has 0 bridgehead atoms.